The van der Waals surface area contributed by atoms with Crippen molar-refractivity contribution in [2.24, 2.45) is 11.3 Å². The highest BCUT2D eigenvalue weighted by Crippen LogP contribution is 2.51. The molecule has 0 amide bonds. The van der Waals surface area contributed by atoms with Crippen LogP contribution in [0.15, 0.2) is 15.4 Å². The summed E-state index contributed by atoms with van der Waals surface area (Å²) in [6, 6.07) is 1.62. The molecule has 1 aromatic rings. The maximum Gasteiger partial charge on any atom is 0.244 e. The van der Waals surface area contributed by atoms with E-state index in [0.29, 0.717) is 30.5 Å². The molecule has 1 unspecified atom stereocenters. The molecule has 1 atom stereocenters. The smallest absolute Gasteiger partial charge is 0.244 e. The van der Waals surface area contributed by atoms with Gasteiger partial charge in [-0.1, -0.05) is 20.8 Å². The summed E-state index contributed by atoms with van der Waals surface area (Å²) < 4.78 is 32.9. The van der Waals surface area contributed by atoms with Crippen molar-refractivity contribution in [3.8, 4) is 0 Å². The predicted octanol–water partition coefficient (Wildman–Crippen LogP) is 2.41. The number of hydrogen-bond donors (Lipinski definition) is 2. The topological polar surface area (TPSA) is 71.3 Å². The summed E-state index contributed by atoms with van der Waals surface area (Å²) in [6.07, 6.45) is 2.11. The lowest BCUT2D eigenvalue weighted by atomic mass is 10.1. The molecule has 1 aromatic heterocycles. The maximum absolute atomic E-state index is 12.3. The fourth-order valence-electron chi connectivity index (χ4n) is 2.48. The fourth-order valence-corrected chi connectivity index (χ4v) is 3.76. The number of furan rings is 1. The molecule has 5 nitrogen and oxygen atoms in total. The maximum atomic E-state index is 12.3. The first-order chi connectivity index (χ1) is 9.76. The Bertz CT molecular complexity index is 590. The molecule has 1 fully saturated rings. The largest absolute Gasteiger partial charge is 0.464 e. The van der Waals surface area contributed by atoms with E-state index >= 15 is 0 Å². The molecule has 0 spiro atoms. The minimum atomic E-state index is -3.48. The first-order valence-corrected chi connectivity index (χ1v) is 9.04. The average molecular weight is 314 g/mol. The van der Waals surface area contributed by atoms with Crippen molar-refractivity contribution >= 4 is 10.0 Å². The van der Waals surface area contributed by atoms with E-state index in [1.54, 1.807) is 13.0 Å². The van der Waals surface area contributed by atoms with E-state index < -0.39 is 10.0 Å². The lowest BCUT2D eigenvalue weighted by Gasteiger charge is -2.06. The molecule has 1 aliphatic carbocycles. The molecule has 21 heavy (non-hydrogen) atoms. The van der Waals surface area contributed by atoms with Gasteiger partial charge in [0.1, 0.15) is 16.4 Å². The van der Waals surface area contributed by atoms with Gasteiger partial charge in [-0.05, 0) is 37.6 Å². The molecule has 2 N–H and O–H groups in total. The summed E-state index contributed by atoms with van der Waals surface area (Å²) in [6.45, 7) is 10.0. The van der Waals surface area contributed by atoms with E-state index in [1.165, 1.54) is 0 Å². The Morgan fingerprint density at radius 2 is 2.10 bits per heavy atom. The van der Waals surface area contributed by atoms with Crippen LogP contribution >= 0.6 is 0 Å². The molecule has 0 aliphatic heterocycles. The van der Waals surface area contributed by atoms with Crippen LogP contribution in [0, 0.1) is 18.3 Å². The first kappa shape index (κ1) is 16.5. The molecule has 1 aliphatic rings. The second-order valence-corrected chi connectivity index (χ2v) is 8.29. The molecule has 0 radical (unpaired) electrons. The van der Waals surface area contributed by atoms with Gasteiger partial charge in [0, 0.05) is 12.6 Å². The van der Waals surface area contributed by atoms with Crippen LogP contribution < -0.4 is 10.0 Å². The molecule has 120 valence electrons. The van der Waals surface area contributed by atoms with E-state index in [-0.39, 0.29) is 10.3 Å². The Balaban J connectivity index is 1.99. The standard InChI is InChI=1S/C15H26N2O3S/c1-5-6-16-10-13-7-14(11(2)20-13)21(18,19)17-9-12-8-15(12,3)4/h7,12,16-17H,5-6,8-10H2,1-4H3. The van der Waals surface area contributed by atoms with Gasteiger partial charge >= 0.3 is 0 Å². The van der Waals surface area contributed by atoms with Crippen molar-refractivity contribution in [3.05, 3.63) is 17.6 Å². The van der Waals surface area contributed by atoms with Gasteiger partial charge in [0.15, 0.2) is 0 Å². The molecule has 0 saturated heterocycles. The van der Waals surface area contributed by atoms with Crippen LogP contribution in [0.1, 0.15) is 45.1 Å². The van der Waals surface area contributed by atoms with Gasteiger partial charge in [0.05, 0.1) is 6.54 Å². The average Bonchev–Trinajstić information content (AvgIpc) is 2.81. The molecule has 0 bridgehead atoms. The molecule has 2 rings (SSSR count). The first-order valence-electron chi connectivity index (χ1n) is 7.56. The zero-order chi connectivity index (χ0) is 15.7. The van der Waals surface area contributed by atoms with Gasteiger partial charge in [-0.25, -0.2) is 13.1 Å². The van der Waals surface area contributed by atoms with Crippen molar-refractivity contribution in [1.29, 1.82) is 0 Å². The van der Waals surface area contributed by atoms with Crippen LogP contribution in [0.2, 0.25) is 0 Å². The Morgan fingerprint density at radius 3 is 2.67 bits per heavy atom. The van der Waals surface area contributed by atoms with Crippen LogP contribution in [0.3, 0.4) is 0 Å². The van der Waals surface area contributed by atoms with Crippen LogP contribution in [0.5, 0.6) is 0 Å². The Labute approximate surface area is 127 Å². The lowest BCUT2D eigenvalue weighted by molar-refractivity contribution is 0.457. The van der Waals surface area contributed by atoms with E-state index in [9.17, 15) is 8.42 Å². The summed E-state index contributed by atoms with van der Waals surface area (Å²) in [5.41, 5.74) is 0.267. The monoisotopic (exact) mass is 314 g/mol. The van der Waals surface area contributed by atoms with Crippen LogP contribution in [0.4, 0.5) is 0 Å². The van der Waals surface area contributed by atoms with E-state index in [4.69, 9.17) is 4.42 Å². The fraction of sp³-hybridized carbons (Fsp3) is 0.733. The highest BCUT2D eigenvalue weighted by molar-refractivity contribution is 7.89. The summed E-state index contributed by atoms with van der Waals surface area (Å²) in [5, 5.41) is 3.21. The van der Waals surface area contributed by atoms with Gasteiger partial charge in [-0.3, -0.25) is 0 Å². The third-order valence-electron chi connectivity index (χ3n) is 4.18. The third-order valence-corrected chi connectivity index (χ3v) is 5.71. The van der Waals surface area contributed by atoms with E-state index in [2.05, 4.69) is 30.8 Å². The number of aryl methyl sites for hydroxylation is 1. The molecule has 0 aromatic carbocycles. The zero-order valence-electron chi connectivity index (χ0n) is 13.3. The number of sulfonamides is 1. The molecule has 1 heterocycles. The van der Waals surface area contributed by atoms with Crippen molar-refractivity contribution in [2.45, 2.75) is 52.0 Å². The quantitative estimate of drug-likeness (QED) is 0.723. The summed E-state index contributed by atoms with van der Waals surface area (Å²) in [4.78, 5) is 0.259. The molecule has 6 heteroatoms. The third kappa shape index (κ3) is 4.08. The van der Waals surface area contributed by atoms with Crippen LogP contribution in [-0.2, 0) is 16.6 Å². The second kappa shape index (κ2) is 6.10. The van der Waals surface area contributed by atoms with Crippen molar-refractivity contribution < 1.29 is 12.8 Å². The van der Waals surface area contributed by atoms with Gasteiger partial charge in [0.25, 0.3) is 0 Å². The second-order valence-electron chi connectivity index (χ2n) is 6.55. The van der Waals surface area contributed by atoms with E-state index in [1.807, 2.05) is 0 Å². The number of hydrogen-bond acceptors (Lipinski definition) is 4. The van der Waals surface area contributed by atoms with Gasteiger partial charge in [-0.15, -0.1) is 0 Å². The predicted molar refractivity (Wildman–Crippen MR) is 82.5 cm³/mol. The summed E-state index contributed by atoms with van der Waals surface area (Å²) in [7, 11) is -3.48. The molecular weight excluding hydrogens is 288 g/mol. The molecule has 1 saturated carbocycles. The Hall–Kier alpha value is -0.850. The van der Waals surface area contributed by atoms with Crippen molar-refractivity contribution in [2.75, 3.05) is 13.1 Å². The summed E-state index contributed by atoms with van der Waals surface area (Å²) >= 11 is 0. The zero-order valence-corrected chi connectivity index (χ0v) is 14.1. The normalized spacial score (nSPS) is 20.7. The lowest BCUT2D eigenvalue weighted by Crippen LogP contribution is -2.27. The Kier molecular flexibility index (Phi) is 4.80. The van der Waals surface area contributed by atoms with Gasteiger partial charge in [0.2, 0.25) is 10.0 Å². The highest BCUT2D eigenvalue weighted by Gasteiger charge is 2.45. The van der Waals surface area contributed by atoms with Crippen molar-refractivity contribution in [3.63, 3.8) is 0 Å². The number of nitrogens with one attached hydrogen (secondary N) is 2. The number of rotatable bonds is 8. The van der Waals surface area contributed by atoms with Crippen molar-refractivity contribution in [1.82, 2.24) is 10.0 Å². The Morgan fingerprint density at radius 1 is 1.43 bits per heavy atom. The van der Waals surface area contributed by atoms with Crippen LogP contribution in [0.25, 0.3) is 0 Å². The van der Waals surface area contributed by atoms with Crippen LogP contribution in [-0.4, -0.2) is 21.5 Å². The SMILES string of the molecule is CCCNCc1cc(S(=O)(=O)NCC2CC2(C)C)c(C)o1. The minimum Gasteiger partial charge on any atom is -0.464 e. The minimum absolute atomic E-state index is 0.259. The van der Waals surface area contributed by atoms with Gasteiger partial charge in [-0.2, -0.15) is 0 Å². The van der Waals surface area contributed by atoms with Gasteiger partial charge < -0.3 is 9.73 Å². The molecular formula is C15H26N2O3S. The van der Waals surface area contributed by atoms with E-state index in [0.717, 1.165) is 19.4 Å². The summed E-state index contributed by atoms with van der Waals surface area (Å²) in [5.74, 6) is 1.55. The highest BCUT2D eigenvalue weighted by atomic mass is 32.2.